The Kier molecular flexibility index (Phi) is 8.12. The molecule has 0 aromatic heterocycles. The minimum absolute atomic E-state index is 0.0771. The number of sulfonamides is 1. The topological polar surface area (TPSA) is 133 Å². The second-order valence-electron chi connectivity index (χ2n) is 8.35. The van der Waals surface area contributed by atoms with E-state index in [1.807, 2.05) is 24.3 Å². The van der Waals surface area contributed by atoms with E-state index in [4.69, 9.17) is 10.00 Å². The summed E-state index contributed by atoms with van der Waals surface area (Å²) < 4.78 is 30.7. The van der Waals surface area contributed by atoms with Crippen molar-refractivity contribution >= 4 is 21.9 Å². The van der Waals surface area contributed by atoms with Crippen molar-refractivity contribution in [2.45, 2.75) is 37.1 Å². The molecule has 1 saturated carbocycles. The summed E-state index contributed by atoms with van der Waals surface area (Å²) in [4.78, 5) is 17.4. The van der Waals surface area contributed by atoms with Crippen molar-refractivity contribution in [3.8, 4) is 11.9 Å². The first-order valence-electron chi connectivity index (χ1n) is 10.9. The summed E-state index contributed by atoms with van der Waals surface area (Å²) >= 11 is 0. The monoisotopic (exact) mass is 483 g/mol. The minimum atomic E-state index is -3.56. The molecule has 3 N–H and O–H groups in total. The molecular formula is C24H29N5O4S. The lowest BCUT2D eigenvalue weighted by Gasteiger charge is -2.40. The van der Waals surface area contributed by atoms with E-state index in [2.05, 4.69) is 32.5 Å². The van der Waals surface area contributed by atoms with E-state index in [1.165, 1.54) is 7.11 Å². The summed E-state index contributed by atoms with van der Waals surface area (Å²) in [6.45, 7) is 0.440. The molecule has 1 amide bonds. The quantitative estimate of drug-likeness (QED) is 0.240. The van der Waals surface area contributed by atoms with Crippen LogP contribution in [0.3, 0.4) is 0 Å². The van der Waals surface area contributed by atoms with Crippen molar-refractivity contribution in [1.29, 1.82) is 5.26 Å². The maximum Gasteiger partial charge on any atom is 0.255 e. The molecule has 0 spiro atoms. The van der Waals surface area contributed by atoms with Crippen molar-refractivity contribution in [3.63, 3.8) is 0 Å². The first-order chi connectivity index (χ1) is 16.3. The highest BCUT2D eigenvalue weighted by Gasteiger charge is 2.37. The van der Waals surface area contributed by atoms with Crippen LogP contribution in [0.15, 0.2) is 59.6 Å². The first-order valence-corrected chi connectivity index (χ1v) is 12.8. The van der Waals surface area contributed by atoms with E-state index in [0.29, 0.717) is 30.7 Å². The molecule has 10 heteroatoms. The number of aliphatic imine (C=N–C) groups is 1. The Bertz CT molecular complexity index is 1170. The van der Waals surface area contributed by atoms with Gasteiger partial charge in [0.1, 0.15) is 5.75 Å². The van der Waals surface area contributed by atoms with Gasteiger partial charge in [0, 0.05) is 12.0 Å². The molecule has 0 bridgehead atoms. The van der Waals surface area contributed by atoms with E-state index >= 15 is 0 Å². The third-order valence-corrected chi connectivity index (χ3v) is 6.57. The Balaban J connectivity index is 1.77. The van der Waals surface area contributed by atoms with E-state index in [9.17, 15) is 13.2 Å². The number of guanidine groups is 1. The zero-order valence-corrected chi connectivity index (χ0v) is 20.1. The number of amides is 1. The SMILES string of the molecule is COc1ccccc1C(=O)NCC1(c2ccccc2)CCC(N=C(NC#N)NS(C)(=O)=O)CC1. The van der Waals surface area contributed by atoms with Gasteiger partial charge in [-0.25, -0.2) is 13.4 Å². The number of carbonyl (C=O) groups excluding carboxylic acids is 1. The summed E-state index contributed by atoms with van der Waals surface area (Å²) in [5.41, 5.74) is 1.31. The van der Waals surface area contributed by atoms with Crippen molar-refractivity contribution < 1.29 is 17.9 Å². The third kappa shape index (κ3) is 6.48. The minimum Gasteiger partial charge on any atom is -0.496 e. The molecule has 9 nitrogen and oxygen atoms in total. The molecule has 0 radical (unpaired) electrons. The van der Waals surface area contributed by atoms with Crippen LogP contribution in [-0.4, -0.2) is 46.2 Å². The predicted octanol–water partition coefficient (Wildman–Crippen LogP) is 2.28. The maximum absolute atomic E-state index is 12.9. The molecule has 34 heavy (non-hydrogen) atoms. The average Bonchev–Trinajstić information content (AvgIpc) is 2.83. The number of rotatable bonds is 7. The van der Waals surface area contributed by atoms with Gasteiger partial charge in [0.15, 0.2) is 6.19 Å². The van der Waals surface area contributed by atoms with Gasteiger partial charge in [0.05, 0.1) is 25.0 Å². The molecule has 0 atom stereocenters. The summed E-state index contributed by atoms with van der Waals surface area (Å²) in [7, 11) is -2.03. The predicted molar refractivity (Wildman–Crippen MR) is 130 cm³/mol. The Hall–Kier alpha value is -3.58. The summed E-state index contributed by atoms with van der Waals surface area (Å²) in [5.74, 6) is 0.236. The van der Waals surface area contributed by atoms with Crippen LogP contribution in [0.1, 0.15) is 41.6 Å². The first kappa shape index (κ1) is 25.1. The fourth-order valence-corrected chi connectivity index (χ4v) is 4.77. The molecule has 1 fully saturated rings. The number of hydrogen-bond donors (Lipinski definition) is 3. The van der Waals surface area contributed by atoms with Gasteiger partial charge in [-0.3, -0.25) is 14.8 Å². The van der Waals surface area contributed by atoms with Crippen LogP contribution in [0.5, 0.6) is 5.75 Å². The molecular weight excluding hydrogens is 454 g/mol. The van der Waals surface area contributed by atoms with Gasteiger partial charge >= 0.3 is 0 Å². The molecule has 2 aromatic rings. The smallest absolute Gasteiger partial charge is 0.255 e. The van der Waals surface area contributed by atoms with E-state index in [-0.39, 0.29) is 23.3 Å². The van der Waals surface area contributed by atoms with Crippen molar-refractivity contribution in [2.24, 2.45) is 4.99 Å². The Morgan fingerprint density at radius 2 is 1.79 bits per heavy atom. The van der Waals surface area contributed by atoms with Crippen molar-refractivity contribution in [1.82, 2.24) is 15.4 Å². The van der Waals surface area contributed by atoms with Crippen LogP contribution in [0, 0.1) is 11.5 Å². The fourth-order valence-electron chi connectivity index (χ4n) is 4.32. The molecule has 0 aliphatic heterocycles. The Morgan fingerprint density at radius 3 is 2.41 bits per heavy atom. The zero-order valence-electron chi connectivity index (χ0n) is 19.2. The van der Waals surface area contributed by atoms with E-state index in [0.717, 1.165) is 24.7 Å². The summed E-state index contributed by atoms with van der Waals surface area (Å²) in [6.07, 6.45) is 5.52. The molecule has 2 aromatic carbocycles. The van der Waals surface area contributed by atoms with E-state index < -0.39 is 10.0 Å². The van der Waals surface area contributed by atoms with Crippen LogP contribution in [-0.2, 0) is 15.4 Å². The highest BCUT2D eigenvalue weighted by atomic mass is 32.2. The lowest BCUT2D eigenvalue weighted by Crippen LogP contribution is -2.45. The van der Waals surface area contributed by atoms with Crippen LogP contribution < -0.4 is 20.1 Å². The highest BCUT2D eigenvalue weighted by molar-refractivity contribution is 7.89. The molecule has 0 saturated heterocycles. The zero-order chi connectivity index (χ0) is 24.6. The van der Waals surface area contributed by atoms with Crippen LogP contribution >= 0.6 is 0 Å². The Morgan fingerprint density at radius 1 is 1.15 bits per heavy atom. The second-order valence-corrected chi connectivity index (χ2v) is 10.1. The average molecular weight is 484 g/mol. The van der Waals surface area contributed by atoms with Crippen LogP contribution in [0.2, 0.25) is 0 Å². The van der Waals surface area contributed by atoms with Crippen molar-refractivity contribution in [2.75, 3.05) is 19.9 Å². The number of methoxy groups -OCH3 is 1. The normalized spacial score (nSPS) is 20.6. The molecule has 0 unspecified atom stereocenters. The molecule has 180 valence electrons. The van der Waals surface area contributed by atoms with Crippen LogP contribution in [0.25, 0.3) is 0 Å². The number of nitrogens with zero attached hydrogens (tertiary/aromatic N) is 2. The Labute approximate surface area is 200 Å². The number of nitriles is 1. The fraction of sp³-hybridized carbons (Fsp3) is 0.375. The standard InChI is InChI=1S/C24H29N5O4S/c1-33-21-11-7-6-10-20(21)22(30)26-16-24(18-8-4-3-5-9-18)14-12-19(13-15-24)28-23(27-17-25)29-34(2,31)32/h3-11,19H,12-16H2,1-2H3,(H,26,30)(H2,27,28,29). The molecule has 3 rings (SSSR count). The molecule has 1 aliphatic rings. The third-order valence-electron chi connectivity index (χ3n) is 6.01. The number of nitrogens with one attached hydrogen (secondary N) is 3. The summed E-state index contributed by atoms with van der Waals surface area (Å²) in [6, 6.07) is 17.0. The maximum atomic E-state index is 12.9. The summed E-state index contributed by atoms with van der Waals surface area (Å²) in [5, 5.41) is 14.3. The van der Waals surface area contributed by atoms with Gasteiger partial charge in [-0.2, -0.15) is 5.26 Å². The van der Waals surface area contributed by atoms with Gasteiger partial charge in [0.2, 0.25) is 16.0 Å². The van der Waals surface area contributed by atoms with Gasteiger partial charge < -0.3 is 10.1 Å². The van der Waals surface area contributed by atoms with E-state index in [1.54, 1.807) is 24.4 Å². The van der Waals surface area contributed by atoms with Gasteiger partial charge in [-0.15, -0.1) is 0 Å². The van der Waals surface area contributed by atoms with Gasteiger partial charge in [-0.1, -0.05) is 42.5 Å². The largest absolute Gasteiger partial charge is 0.496 e. The lowest BCUT2D eigenvalue weighted by molar-refractivity contribution is 0.0932. The lowest BCUT2D eigenvalue weighted by atomic mass is 9.68. The highest BCUT2D eigenvalue weighted by Crippen LogP contribution is 2.40. The second kappa shape index (κ2) is 11.0. The molecule has 1 aliphatic carbocycles. The molecule has 0 heterocycles. The number of carbonyl (C=O) groups is 1. The number of benzene rings is 2. The van der Waals surface area contributed by atoms with Gasteiger partial charge in [-0.05, 0) is 43.4 Å². The number of ether oxygens (including phenoxy) is 1. The number of hydrogen-bond acceptors (Lipinski definition) is 6. The van der Waals surface area contributed by atoms with Gasteiger partial charge in [0.25, 0.3) is 5.91 Å². The van der Waals surface area contributed by atoms with Crippen LogP contribution in [0.4, 0.5) is 0 Å². The van der Waals surface area contributed by atoms with Crippen molar-refractivity contribution in [3.05, 3.63) is 65.7 Å². The number of para-hydroxylation sites is 1.